The number of oxime groups is 1. The lowest BCUT2D eigenvalue weighted by Crippen LogP contribution is -2.56. The van der Waals surface area contributed by atoms with Crippen molar-refractivity contribution in [3.05, 3.63) is 102 Å². The van der Waals surface area contributed by atoms with E-state index in [9.17, 15) is 19.6 Å². The molecule has 3 heterocycles. The molecule has 1 aliphatic rings. The van der Waals surface area contributed by atoms with E-state index in [0.717, 1.165) is 11.1 Å². The second-order valence-corrected chi connectivity index (χ2v) is 9.39. The molecule has 2 atom stereocenters. The molecule has 0 radical (unpaired) electrons. The maximum Gasteiger partial charge on any atom is 0.475 e. The summed E-state index contributed by atoms with van der Waals surface area (Å²) < 4.78 is 1.43. The van der Waals surface area contributed by atoms with Gasteiger partial charge in [-0.25, -0.2) is 9.50 Å². The Morgan fingerprint density at radius 1 is 1.00 bits per heavy atom. The van der Waals surface area contributed by atoms with Gasteiger partial charge in [-0.3, -0.25) is 9.59 Å². The van der Waals surface area contributed by atoms with E-state index in [-0.39, 0.29) is 31.7 Å². The largest absolute Gasteiger partial charge is 0.475 e. The second kappa shape index (κ2) is 11.5. The number of rotatable bonds is 10. The number of benzene rings is 2. The summed E-state index contributed by atoms with van der Waals surface area (Å²) in [5.41, 5.74) is 1.55. The third-order valence-corrected chi connectivity index (χ3v) is 6.55. The molecule has 1 unspecified atom stereocenters. The molecule has 5 rings (SSSR count). The number of hydrogen-bond donors (Lipinski definition) is 4. The average molecular weight is 526 g/mol. The molecule has 1 aliphatic heterocycles. The zero-order valence-corrected chi connectivity index (χ0v) is 21.0. The van der Waals surface area contributed by atoms with Gasteiger partial charge >= 0.3 is 7.12 Å². The van der Waals surface area contributed by atoms with Gasteiger partial charge in [0.2, 0.25) is 5.60 Å². The van der Waals surface area contributed by atoms with E-state index in [0.29, 0.717) is 17.1 Å². The van der Waals surface area contributed by atoms with Crippen LogP contribution in [-0.2, 0) is 22.5 Å². The van der Waals surface area contributed by atoms with Gasteiger partial charge in [0, 0.05) is 12.8 Å². The zero-order chi connectivity index (χ0) is 27.2. The molecular weight excluding hydrogens is 499 g/mol. The molecular formula is C27H27BN6O5. The number of pyridine rings is 1. The van der Waals surface area contributed by atoms with Gasteiger partial charge in [-0.2, -0.15) is 5.10 Å². The van der Waals surface area contributed by atoms with Crippen LogP contribution in [0, 0.1) is 0 Å². The van der Waals surface area contributed by atoms with E-state index < -0.39 is 24.6 Å². The van der Waals surface area contributed by atoms with Crippen molar-refractivity contribution in [2.24, 2.45) is 5.16 Å². The van der Waals surface area contributed by atoms with Crippen LogP contribution in [0.15, 0.2) is 90.3 Å². The summed E-state index contributed by atoms with van der Waals surface area (Å²) in [5.74, 6) is -1.88. The topological polar surface area (TPSA) is 150 Å². The fraction of sp³-hybridized carbons (Fsp3) is 0.222. The first kappa shape index (κ1) is 26.1. The van der Waals surface area contributed by atoms with Gasteiger partial charge in [0.15, 0.2) is 5.65 Å². The summed E-state index contributed by atoms with van der Waals surface area (Å²) in [7, 11) is -1.79. The van der Waals surface area contributed by atoms with Crippen molar-refractivity contribution in [3.63, 3.8) is 0 Å². The van der Waals surface area contributed by atoms with Crippen LogP contribution < -0.4 is 10.6 Å². The van der Waals surface area contributed by atoms with Crippen molar-refractivity contribution in [1.82, 2.24) is 25.2 Å². The predicted molar refractivity (Wildman–Crippen MR) is 144 cm³/mol. The first-order valence-corrected chi connectivity index (χ1v) is 12.5. The van der Waals surface area contributed by atoms with Crippen LogP contribution >= 0.6 is 0 Å². The van der Waals surface area contributed by atoms with Crippen LogP contribution in [0.1, 0.15) is 28.0 Å². The van der Waals surface area contributed by atoms with E-state index in [1.54, 1.807) is 18.2 Å². The Morgan fingerprint density at radius 2 is 1.72 bits per heavy atom. The SMILES string of the molecule is O=C(NCC1=NOC(Cc2ccccc2)(C(=O)N[C@@H](Cc2ccccc2)B(O)O)C1)c1cccc2ncnn12. The average Bonchev–Trinajstić information content (AvgIpc) is 3.60. The van der Waals surface area contributed by atoms with Crippen molar-refractivity contribution < 1.29 is 24.5 Å². The summed E-state index contributed by atoms with van der Waals surface area (Å²) >= 11 is 0. The van der Waals surface area contributed by atoms with Crippen LogP contribution in [0.2, 0.25) is 0 Å². The summed E-state index contributed by atoms with van der Waals surface area (Å²) in [6.45, 7) is 0.0454. The van der Waals surface area contributed by atoms with Gasteiger partial charge in [-0.15, -0.1) is 0 Å². The molecule has 39 heavy (non-hydrogen) atoms. The van der Waals surface area contributed by atoms with E-state index in [4.69, 9.17) is 4.84 Å². The molecule has 0 aliphatic carbocycles. The molecule has 12 heteroatoms. The lowest BCUT2D eigenvalue weighted by atomic mass is 9.75. The molecule has 0 fully saturated rings. The molecule has 0 bridgehead atoms. The number of carbonyl (C=O) groups excluding carboxylic acids is 2. The zero-order valence-electron chi connectivity index (χ0n) is 21.0. The lowest BCUT2D eigenvalue weighted by Gasteiger charge is -2.28. The van der Waals surface area contributed by atoms with Crippen molar-refractivity contribution >= 4 is 30.3 Å². The first-order chi connectivity index (χ1) is 18.9. The molecule has 2 aromatic carbocycles. The monoisotopic (exact) mass is 526 g/mol. The third-order valence-electron chi connectivity index (χ3n) is 6.55. The van der Waals surface area contributed by atoms with Gasteiger partial charge < -0.3 is 25.5 Å². The standard InChI is InChI=1S/C27H27BN6O5/c35-25(22-12-7-13-24-30-18-31-34(22)24)29-17-21-16-27(39-33-21,15-20-10-5-2-6-11-20)26(36)32-23(28(37)38)14-19-8-3-1-4-9-19/h1-13,18,23,37-38H,14-17H2,(H,29,35)(H,32,36)/t23-,27?/m0/s1. The van der Waals surface area contributed by atoms with Gasteiger partial charge in [-0.05, 0) is 29.7 Å². The number of aromatic nitrogens is 3. The molecule has 2 amide bonds. The van der Waals surface area contributed by atoms with Crippen molar-refractivity contribution in [2.45, 2.75) is 30.8 Å². The molecule has 11 nitrogen and oxygen atoms in total. The van der Waals surface area contributed by atoms with Crippen LogP contribution in [-0.4, -0.2) is 67.4 Å². The van der Waals surface area contributed by atoms with Crippen molar-refractivity contribution in [3.8, 4) is 0 Å². The Bertz CT molecular complexity index is 1480. The van der Waals surface area contributed by atoms with E-state index in [1.165, 1.54) is 10.8 Å². The Kier molecular flexibility index (Phi) is 7.66. The first-order valence-electron chi connectivity index (χ1n) is 12.5. The quantitative estimate of drug-likeness (QED) is 0.225. The van der Waals surface area contributed by atoms with Crippen molar-refractivity contribution in [1.29, 1.82) is 0 Å². The highest BCUT2D eigenvalue weighted by molar-refractivity contribution is 6.43. The number of nitrogens with one attached hydrogen (secondary N) is 2. The van der Waals surface area contributed by atoms with Gasteiger partial charge in [0.25, 0.3) is 11.8 Å². The van der Waals surface area contributed by atoms with E-state index in [2.05, 4.69) is 25.9 Å². The van der Waals surface area contributed by atoms with Crippen LogP contribution in [0.4, 0.5) is 0 Å². The molecule has 0 saturated heterocycles. The molecule has 4 aromatic rings. The predicted octanol–water partition coefficient (Wildman–Crippen LogP) is 0.956. The fourth-order valence-corrected chi connectivity index (χ4v) is 4.55. The highest BCUT2D eigenvalue weighted by Crippen LogP contribution is 2.29. The number of hydrogen-bond acceptors (Lipinski definition) is 8. The Balaban J connectivity index is 1.30. The summed E-state index contributed by atoms with van der Waals surface area (Å²) in [6.07, 6.45) is 1.87. The molecule has 4 N–H and O–H groups in total. The Hall–Kier alpha value is -4.55. The number of fused-ring (bicyclic) bond motifs is 1. The van der Waals surface area contributed by atoms with E-state index >= 15 is 0 Å². The van der Waals surface area contributed by atoms with E-state index in [1.807, 2.05) is 60.7 Å². The lowest BCUT2D eigenvalue weighted by molar-refractivity contribution is -0.144. The number of nitrogens with zero attached hydrogens (tertiary/aromatic N) is 4. The summed E-state index contributed by atoms with van der Waals surface area (Å²) in [4.78, 5) is 36.4. The van der Waals surface area contributed by atoms with Gasteiger partial charge in [0.1, 0.15) is 12.0 Å². The highest BCUT2D eigenvalue weighted by Gasteiger charge is 2.48. The maximum absolute atomic E-state index is 13.7. The highest BCUT2D eigenvalue weighted by atomic mass is 16.7. The van der Waals surface area contributed by atoms with Crippen LogP contribution in [0.3, 0.4) is 0 Å². The smallest absolute Gasteiger partial charge is 0.426 e. The molecule has 0 spiro atoms. The molecule has 0 saturated carbocycles. The van der Waals surface area contributed by atoms with Crippen LogP contribution in [0.25, 0.3) is 5.65 Å². The minimum absolute atomic E-state index is 0.0454. The maximum atomic E-state index is 13.7. The fourth-order valence-electron chi connectivity index (χ4n) is 4.55. The van der Waals surface area contributed by atoms with Crippen LogP contribution in [0.5, 0.6) is 0 Å². The Labute approximate surface area is 224 Å². The molecule has 198 valence electrons. The Morgan fingerprint density at radius 3 is 2.44 bits per heavy atom. The van der Waals surface area contributed by atoms with Crippen molar-refractivity contribution in [2.75, 3.05) is 6.54 Å². The summed E-state index contributed by atoms with van der Waals surface area (Å²) in [5, 5.41) is 33.8. The normalized spacial score (nSPS) is 17.2. The minimum atomic E-state index is -1.79. The number of amides is 2. The molecule has 2 aromatic heterocycles. The minimum Gasteiger partial charge on any atom is -0.426 e. The van der Waals surface area contributed by atoms with Gasteiger partial charge in [0.05, 0.1) is 18.2 Å². The summed E-state index contributed by atoms with van der Waals surface area (Å²) in [6, 6.07) is 23.6. The number of carbonyl (C=O) groups is 2. The third kappa shape index (κ3) is 5.97. The second-order valence-electron chi connectivity index (χ2n) is 9.39. The van der Waals surface area contributed by atoms with Gasteiger partial charge in [-0.1, -0.05) is 71.9 Å².